The van der Waals surface area contributed by atoms with Crippen molar-refractivity contribution in [2.24, 2.45) is 0 Å². The van der Waals surface area contributed by atoms with E-state index in [0.29, 0.717) is 6.04 Å². The first-order valence-corrected chi connectivity index (χ1v) is 12.4. The minimum Gasteiger partial charge on any atom is -0.310 e. The van der Waals surface area contributed by atoms with Gasteiger partial charge in [0.25, 0.3) is 0 Å². The highest BCUT2D eigenvalue weighted by Gasteiger charge is 2.19. The molecule has 1 aliphatic carbocycles. The molecule has 2 nitrogen and oxygen atoms in total. The van der Waals surface area contributed by atoms with E-state index in [-0.39, 0.29) is 0 Å². The highest BCUT2D eigenvalue weighted by atomic mass is 15.1. The van der Waals surface area contributed by atoms with Gasteiger partial charge in [0.15, 0.2) is 0 Å². The summed E-state index contributed by atoms with van der Waals surface area (Å²) >= 11 is 0. The van der Waals surface area contributed by atoms with Gasteiger partial charge in [-0.15, -0.1) is 0 Å². The Morgan fingerprint density at radius 3 is 2.18 bits per heavy atom. The fraction of sp³-hybridized carbons (Fsp3) is 0.355. The molecule has 0 amide bonds. The molecule has 33 heavy (non-hydrogen) atoms. The molecule has 2 heteroatoms. The topological polar surface area (TPSA) is 15.3 Å². The summed E-state index contributed by atoms with van der Waals surface area (Å²) in [6.07, 6.45) is 17.5. The molecule has 0 spiro atoms. The van der Waals surface area contributed by atoms with Crippen LogP contribution in [0.3, 0.4) is 0 Å². The van der Waals surface area contributed by atoms with E-state index in [0.717, 1.165) is 13.1 Å². The molecule has 2 aliphatic rings. The van der Waals surface area contributed by atoms with Gasteiger partial charge in [0.2, 0.25) is 0 Å². The van der Waals surface area contributed by atoms with Crippen molar-refractivity contribution in [2.75, 3.05) is 19.6 Å². The Labute approximate surface area is 201 Å². The van der Waals surface area contributed by atoms with Crippen LogP contribution in [-0.2, 0) is 6.54 Å². The number of benzene rings is 2. The van der Waals surface area contributed by atoms with Gasteiger partial charge in [0.05, 0.1) is 0 Å². The molecule has 2 aromatic carbocycles. The van der Waals surface area contributed by atoms with Gasteiger partial charge in [0.1, 0.15) is 0 Å². The van der Waals surface area contributed by atoms with E-state index in [1.54, 1.807) is 6.08 Å². The molecule has 0 radical (unpaired) electrons. The molecule has 0 saturated carbocycles. The summed E-state index contributed by atoms with van der Waals surface area (Å²) in [6.45, 7) is 12.1. The van der Waals surface area contributed by atoms with Crippen molar-refractivity contribution in [2.45, 2.75) is 52.1 Å². The number of likely N-dealkylation sites (tertiary alicyclic amines) is 1. The molecule has 0 unspecified atom stereocenters. The minimum atomic E-state index is 0.643. The molecule has 4 rings (SSSR count). The molecular formula is C31H40N2. The lowest BCUT2D eigenvalue weighted by Crippen LogP contribution is -2.42. The third-order valence-electron chi connectivity index (χ3n) is 6.33. The largest absolute Gasteiger partial charge is 0.310 e. The average Bonchev–Trinajstić information content (AvgIpc) is 2.86. The normalized spacial score (nSPS) is 16.8. The van der Waals surface area contributed by atoms with Gasteiger partial charge >= 0.3 is 0 Å². The monoisotopic (exact) mass is 440 g/mol. The van der Waals surface area contributed by atoms with E-state index >= 15 is 0 Å². The summed E-state index contributed by atoms with van der Waals surface area (Å²) in [4.78, 5) is 2.61. The van der Waals surface area contributed by atoms with E-state index in [4.69, 9.17) is 0 Å². The molecule has 1 fully saturated rings. The molecule has 0 atom stereocenters. The van der Waals surface area contributed by atoms with Gasteiger partial charge in [-0.25, -0.2) is 0 Å². The maximum absolute atomic E-state index is 3.77. The van der Waals surface area contributed by atoms with Crippen LogP contribution in [-0.4, -0.2) is 30.6 Å². The highest BCUT2D eigenvalue weighted by molar-refractivity contribution is 5.63. The van der Waals surface area contributed by atoms with Crippen LogP contribution < -0.4 is 5.32 Å². The zero-order chi connectivity index (χ0) is 23.3. The highest BCUT2D eigenvalue weighted by Crippen LogP contribution is 2.21. The number of hydrogen-bond donors (Lipinski definition) is 1. The molecule has 1 N–H and O–H groups in total. The summed E-state index contributed by atoms with van der Waals surface area (Å²) in [5.41, 5.74) is 6.77. The summed E-state index contributed by atoms with van der Waals surface area (Å²) in [5.74, 6) is 0. The molecule has 0 aromatic heterocycles. The second-order valence-corrected chi connectivity index (χ2v) is 9.01. The van der Waals surface area contributed by atoms with Gasteiger partial charge < -0.3 is 5.32 Å². The molecule has 1 saturated heterocycles. The Morgan fingerprint density at radius 2 is 1.64 bits per heavy atom. The predicted octanol–water partition coefficient (Wildman–Crippen LogP) is 7.24. The van der Waals surface area contributed by atoms with Crippen LogP contribution >= 0.6 is 0 Å². The van der Waals surface area contributed by atoms with Crippen molar-refractivity contribution in [1.82, 2.24) is 10.2 Å². The summed E-state index contributed by atoms with van der Waals surface area (Å²) in [7, 11) is 0. The number of piperidine rings is 1. The zero-order valence-electron chi connectivity index (χ0n) is 20.5. The second kappa shape index (κ2) is 13.8. The van der Waals surface area contributed by atoms with Gasteiger partial charge in [0, 0.05) is 19.1 Å². The SMILES string of the molecule is C=C/C=C\C.Cc1ccc(-c2ccc(CNC3CCN(CC4=CCCC=C4)CC3)cc2)cc1. The third kappa shape index (κ3) is 8.64. The molecule has 0 bridgehead atoms. The number of aryl methyl sites for hydroxylation is 1. The van der Waals surface area contributed by atoms with Crippen LogP contribution in [0.25, 0.3) is 11.1 Å². The van der Waals surface area contributed by atoms with E-state index < -0.39 is 0 Å². The van der Waals surface area contributed by atoms with Crippen LogP contribution in [0.15, 0.2) is 97.1 Å². The van der Waals surface area contributed by atoms with Crippen molar-refractivity contribution in [3.63, 3.8) is 0 Å². The van der Waals surface area contributed by atoms with Gasteiger partial charge in [-0.3, -0.25) is 4.90 Å². The van der Waals surface area contributed by atoms with Crippen molar-refractivity contribution in [3.8, 4) is 11.1 Å². The number of nitrogens with zero attached hydrogens (tertiary/aromatic N) is 1. The molecule has 174 valence electrons. The Bertz CT molecular complexity index is 924. The van der Waals surface area contributed by atoms with Crippen LogP contribution in [0.1, 0.15) is 43.7 Å². The number of hydrogen-bond acceptors (Lipinski definition) is 2. The first-order valence-electron chi connectivity index (χ1n) is 12.4. The molecular weight excluding hydrogens is 400 g/mol. The van der Waals surface area contributed by atoms with Crippen LogP contribution in [0, 0.1) is 6.92 Å². The van der Waals surface area contributed by atoms with Gasteiger partial charge in [-0.1, -0.05) is 97.1 Å². The second-order valence-electron chi connectivity index (χ2n) is 9.01. The zero-order valence-corrected chi connectivity index (χ0v) is 20.5. The molecule has 1 heterocycles. The Morgan fingerprint density at radius 1 is 0.970 bits per heavy atom. The fourth-order valence-corrected chi connectivity index (χ4v) is 4.30. The van der Waals surface area contributed by atoms with E-state index in [1.165, 1.54) is 66.6 Å². The van der Waals surface area contributed by atoms with Crippen molar-refractivity contribution < 1.29 is 0 Å². The third-order valence-corrected chi connectivity index (χ3v) is 6.33. The van der Waals surface area contributed by atoms with Gasteiger partial charge in [-0.05, 0) is 74.9 Å². The smallest absolute Gasteiger partial charge is 0.0230 e. The predicted molar refractivity (Wildman–Crippen MR) is 144 cm³/mol. The summed E-state index contributed by atoms with van der Waals surface area (Å²) in [5, 5.41) is 3.77. The fourth-order valence-electron chi connectivity index (χ4n) is 4.30. The number of rotatable bonds is 7. The Hall–Kier alpha value is -2.68. The minimum absolute atomic E-state index is 0.643. The summed E-state index contributed by atoms with van der Waals surface area (Å²) < 4.78 is 0. The van der Waals surface area contributed by atoms with E-state index in [9.17, 15) is 0 Å². The van der Waals surface area contributed by atoms with Crippen LogP contribution in [0.2, 0.25) is 0 Å². The first kappa shape index (κ1) is 25.0. The Balaban J connectivity index is 0.000000555. The van der Waals surface area contributed by atoms with Crippen LogP contribution in [0.4, 0.5) is 0 Å². The van der Waals surface area contributed by atoms with Crippen molar-refractivity contribution in [1.29, 1.82) is 0 Å². The lowest BCUT2D eigenvalue weighted by Gasteiger charge is -2.33. The maximum Gasteiger partial charge on any atom is 0.0230 e. The number of nitrogens with one attached hydrogen (secondary N) is 1. The van der Waals surface area contributed by atoms with Crippen LogP contribution in [0.5, 0.6) is 0 Å². The number of allylic oxidation sites excluding steroid dienone is 5. The van der Waals surface area contributed by atoms with Crippen molar-refractivity contribution >= 4 is 0 Å². The van der Waals surface area contributed by atoms with Crippen molar-refractivity contribution in [3.05, 3.63) is 108 Å². The average molecular weight is 441 g/mol. The van der Waals surface area contributed by atoms with Gasteiger partial charge in [-0.2, -0.15) is 0 Å². The van der Waals surface area contributed by atoms with E-state index in [1.807, 2.05) is 19.1 Å². The van der Waals surface area contributed by atoms with E-state index in [2.05, 4.69) is 90.5 Å². The lowest BCUT2D eigenvalue weighted by atomic mass is 10.0. The molecule has 2 aromatic rings. The lowest BCUT2D eigenvalue weighted by molar-refractivity contribution is 0.212. The maximum atomic E-state index is 3.77. The summed E-state index contributed by atoms with van der Waals surface area (Å²) in [6, 6.07) is 18.4. The first-order chi connectivity index (χ1) is 16.2. The molecule has 1 aliphatic heterocycles. The Kier molecular flexibility index (Phi) is 10.4. The standard InChI is InChI=1S/C26H32N2.C5H8/c1-21-7-11-24(12-8-21)25-13-9-22(10-14-25)19-27-26-15-17-28(18-16-26)20-23-5-3-2-4-6-23;1-3-5-4-2/h3,5-14,26-27H,2,4,15-20H2,1H3;3-5H,1H2,2H3/b;5-4-. The quantitative estimate of drug-likeness (QED) is 0.456.